The second kappa shape index (κ2) is 9.13. The quantitative estimate of drug-likeness (QED) is 0.311. The summed E-state index contributed by atoms with van der Waals surface area (Å²) in [4.78, 5) is 13.9. The van der Waals surface area contributed by atoms with Gasteiger partial charge in [-0.05, 0) is 56.0 Å². The lowest BCUT2D eigenvalue weighted by molar-refractivity contribution is 0.416. The minimum Gasteiger partial charge on any atom is -0.496 e. The SMILES string of the molecule is COc1cc(Nc2nc3c(s2)CCCC3(CC#N)c2ccc(Cl)cc2)ccc1-c1ncc(C)[nH]1. The van der Waals surface area contributed by atoms with Gasteiger partial charge in [-0.2, -0.15) is 5.26 Å². The zero-order valence-corrected chi connectivity index (χ0v) is 20.6. The fourth-order valence-electron chi connectivity index (χ4n) is 4.71. The van der Waals surface area contributed by atoms with Crippen LogP contribution in [0.5, 0.6) is 5.75 Å². The Labute approximate surface area is 207 Å². The summed E-state index contributed by atoms with van der Waals surface area (Å²) in [6.45, 7) is 1.97. The van der Waals surface area contributed by atoms with Gasteiger partial charge < -0.3 is 15.0 Å². The van der Waals surface area contributed by atoms with Gasteiger partial charge in [0.1, 0.15) is 11.6 Å². The van der Waals surface area contributed by atoms with Crippen LogP contribution in [-0.2, 0) is 11.8 Å². The van der Waals surface area contributed by atoms with Gasteiger partial charge in [-0.3, -0.25) is 0 Å². The molecule has 2 aromatic carbocycles. The van der Waals surface area contributed by atoms with Crippen LogP contribution in [0.1, 0.15) is 41.1 Å². The number of hydrogen-bond acceptors (Lipinski definition) is 6. The number of anilines is 2. The molecule has 0 spiro atoms. The van der Waals surface area contributed by atoms with E-state index in [4.69, 9.17) is 21.3 Å². The van der Waals surface area contributed by atoms with Crippen LogP contribution in [0.25, 0.3) is 11.4 Å². The van der Waals surface area contributed by atoms with E-state index in [2.05, 4.69) is 21.4 Å². The number of nitrogens with one attached hydrogen (secondary N) is 2. The molecule has 0 bridgehead atoms. The number of thiazole rings is 1. The normalized spacial score (nSPS) is 17.1. The number of benzene rings is 2. The lowest BCUT2D eigenvalue weighted by Crippen LogP contribution is -2.32. The molecule has 0 saturated heterocycles. The van der Waals surface area contributed by atoms with Gasteiger partial charge >= 0.3 is 0 Å². The summed E-state index contributed by atoms with van der Waals surface area (Å²) in [5.74, 6) is 1.50. The van der Waals surface area contributed by atoms with Crippen molar-refractivity contribution in [3.8, 4) is 23.2 Å². The van der Waals surface area contributed by atoms with Crippen LogP contribution in [0, 0.1) is 18.3 Å². The number of imidazole rings is 1. The van der Waals surface area contributed by atoms with Gasteiger partial charge in [-0.1, -0.05) is 23.7 Å². The van der Waals surface area contributed by atoms with Crippen molar-refractivity contribution in [1.82, 2.24) is 15.0 Å². The molecule has 34 heavy (non-hydrogen) atoms. The lowest BCUT2D eigenvalue weighted by Gasteiger charge is -2.35. The fourth-order valence-corrected chi connectivity index (χ4v) is 5.96. The Balaban J connectivity index is 1.49. The topological polar surface area (TPSA) is 86.6 Å². The number of H-pyrrole nitrogens is 1. The van der Waals surface area contributed by atoms with Crippen molar-refractivity contribution >= 4 is 33.8 Å². The van der Waals surface area contributed by atoms with E-state index >= 15 is 0 Å². The first-order valence-electron chi connectivity index (χ1n) is 11.1. The summed E-state index contributed by atoms with van der Waals surface area (Å²) in [6, 6.07) is 16.2. The molecule has 0 aliphatic heterocycles. The van der Waals surface area contributed by atoms with Crippen molar-refractivity contribution in [2.75, 3.05) is 12.4 Å². The molecular weight excluding hydrogens is 466 g/mol. The minimum absolute atomic E-state index is 0.385. The second-order valence-corrected chi connectivity index (χ2v) is 10.0. The minimum atomic E-state index is -0.415. The Hall–Kier alpha value is -3.34. The highest BCUT2D eigenvalue weighted by molar-refractivity contribution is 7.15. The standard InChI is InChI=1S/C26H24ClN5OS/c1-16-15-29-24(30-16)20-10-9-19(14-21(20)33-2)31-25-32-23-22(34-25)4-3-11-26(23,12-13-28)17-5-7-18(27)8-6-17/h5-10,14-15H,3-4,11-12H2,1-2H3,(H,29,30)(H,31,32). The number of nitriles is 1. The molecule has 1 atom stereocenters. The third kappa shape index (κ3) is 4.04. The zero-order valence-electron chi connectivity index (χ0n) is 19.0. The number of aryl methyl sites for hydroxylation is 2. The van der Waals surface area contributed by atoms with E-state index in [0.29, 0.717) is 11.4 Å². The molecule has 5 rings (SSSR count). The average molecular weight is 490 g/mol. The number of ether oxygens (including phenoxy) is 1. The van der Waals surface area contributed by atoms with E-state index in [1.165, 1.54) is 4.88 Å². The number of fused-ring (bicyclic) bond motifs is 1. The smallest absolute Gasteiger partial charge is 0.187 e. The predicted octanol–water partition coefficient (Wildman–Crippen LogP) is 6.78. The van der Waals surface area contributed by atoms with Crippen molar-refractivity contribution in [1.29, 1.82) is 5.26 Å². The Morgan fingerprint density at radius 1 is 1.26 bits per heavy atom. The maximum absolute atomic E-state index is 9.71. The van der Waals surface area contributed by atoms with Crippen LogP contribution in [0.4, 0.5) is 10.8 Å². The molecule has 1 unspecified atom stereocenters. The molecule has 2 N–H and O–H groups in total. The maximum Gasteiger partial charge on any atom is 0.187 e. The monoisotopic (exact) mass is 489 g/mol. The van der Waals surface area contributed by atoms with E-state index < -0.39 is 5.41 Å². The molecule has 0 radical (unpaired) electrons. The summed E-state index contributed by atoms with van der Waals surface area (Å²) >= 11 is 7.80. The van der Waals surface area contributed by atoms with Crippen LogP contribution >= 0.6 is 22.9 Å². The van der Waals surface area contributed by atoms with Gasteiger partial charge in [0.15, 0.2) is 5.13 Å². The molecule has 0 saturated carbocycles. The molecular formula is C26H24ClN5OS. The first-order chi connectivity index (χ1) is 16.5. The van der Waals surface area contributed by atoms with E-state index in [1.807, 2.05) is 49.4 Å². The van der Waals surface area contributed by atoms with Crippen molar-refractivity contribution < 1.29 is 4.74 Å². The summed E-state index contributed by atoms with van der Waals surface area (Å²) < 4.78 is 5.64. The van der Waals surface area contributed by atoms with Crippen molar-refractivity contribution in [2.24, 2.45) is 0 Å². The third-order valence-electron chi connectivity index (χ3n) is 6.35. The first-order valence-corrected chi connectivity index (χ1v) is 12.3. The van der Waals surface area contributed by atoms with Crippen LogP contribution in [0.3, 0.4) is 0 Å². The Kier molecular flexibility index (Phi) is 6.03. The van der Waals surface area contributed by atoms with Gasteiger partial charge in [0.25, 0.3) is 0 Å². The summed E-state index contributed by atoms with van der Waals surface area (Å²) in [5.41, 5.74) is 4.46. The largest absolute Gasteiger partial charge is 0.496 e. The highest BCUT2D eigenvalue weighted by Gasteiger charge is 2.41. The maximum atomic E-state index is 9.71. The molecule has 1 aliphatic carbocycles. The molecule has 2 heterocycles. The number of rotatable bonds is 6. The molecule has 0 fully saturated rings. The molecule has 4 aromatic rings. The van der Waals surface area contributed by atoms with E-state index in [0.717, 1.165) is 64.2 Å². The number of aromatic amines is 1. The number of nitrogens with zero attached hydrogens (tertiary/aromatic N) is 3. The molecule has 8 heteroatoms. The summed E-state index contributed by atoms with van der Waals surface area (Å²) in [6.07, 6.45) is 5.06. The first kappa shape index (κ1) is 22.5. The molecule has 1 aliphatic rings. The van der Waals surface area contributed by atoms with E-state index in [-0.39, 0.29) is 0 Å². The molecule has 6 nitrogen and oxygen atoms in total. The molecule has 172 valence electrons. The van der Waals surface area contributed by atoms with Crippen LogP contribution in [-0.4, -0.2) is 22.1 Å². The van der Waals surface area contributed by atoms with Crippen molar-refractivity contribution in [3.63, 3.8) is 0 Å². The van der Waals surface area contributed by atoms with Gasteiger partial charge in [0.05, 0.1) is 36.3 Å². The van der Waals surface area contributed by atoms with E-state index in [1.54, 1.807) is 24.6 Å². The zero-order chi connectivity index (χ0) is 23.7. The third-order valence-corrected chi connectivity index (χ3v) is 7.63. The van der Waals surface area contributed by atoms with Gasteiger partial charge in [-0.15, -0.1) is 11.3 Å². The van der Waals surface area contributed by atoms with Gasteiger partial charge in [0.2, 0.25) is 0 Å². The lowest BCUT2D eigenvalue weighted by atomic mass is 9.68. The summed E-state index contributed by atoms with van der Waals surface area (Å²) in [7, 11) is 1.66. The highest BCUT2D eigenvalue weighted by Crippen LogP contribution is 2.48. The number of aromatic nitrogens is 3. The number of methoxy groups -OCH3 is 1. The highest BCUT2D eigenvalue weighted by atomic mass is 35.5. The van der Waals surface area contributed by atoms with Crippen LogP contribution < -0.4 is 10.1 Å². The fraction of sp³-hybridized carbons (Fsp3) is 0.269. The van der Waals surface area contributed by atoms with Crippen molar-refractivity contribution in [3.05, 3.63) is 75.5 Å². The van der Waals surface area contributed by atoms with Gasteiger partial charge in [0, 0.05) is 33.5 Å². The predicted molar refractivity (Wildman–Crippen MR) is 136 cm³/mol. The average Bonchev–Trinajstić information content (AvgIpc) is 3.46. The van der Waals surface area contributed by atoms with Crippen molar-refractivity contribution in [2.45, 2.75) is 38.0 Å². The molecule has 0 amide bonds. The Bertz CT molecular complexity index is 1370. The second-order valence-electron chi connectivity index (χ2n) is 8.52. The Morgan fingerprint density at radius 3 is 2.79 bits per heavy atom. The number of hydrogen-bond donors (Lipinski definition) is 2. The summed E-state index contributed by atoms with van der Waals surface area (Å²) in [5, 5.41) is 14.7. The molecule has 2 aromatic heterocycles. The van der Waals surface area contributed by atoms with Crippen LogP contribution in [0.2, 0.25) is 5.02 Å². The Morgan fingerprint density at radius 2 is 2.09 bits per heavy atom. The number of halogens is 1. The van der Waals surface area contributed by atoms with E-state index in [9.17, 15) is 5.26 Å². The van der Waals surface area contributed by atoms with Gasteiger partial charge in [-0.25, -0.2) is 9.97 Å². The van der Waals surface area contributed by atoms with Crippen LogP contribution in [0.15, 0.2) is 48.7 Å².